The van der Waals surface area contributed by atoms with E-state index in [-0.39, 0.29) is 5.82 Å². The highest BCUT2D eigenvalue weighted by atomic mass is 35.5. The molecule has 1 aromatic carbocycles. The van der Waals surface area contributed by atoms with Gasteiger partial charge in [-0.1, -0.05) is 18.5 Å². The minimum Gasteiger partial charge on any atom is -0.389 e. The first-order chi connectivity index (χ1) is 7.44. The van der Waals surface area contributed by atoms with E-state index in [0.29, 0.717) is 30.1 Å². The van der Waals surface area contributed by atoms with Crippen molar-refractivity contribution < 1.29 is 9.50 Å². The predicted molar refractivity (Wildman–Crippen MR) is 64.0 cm³/mol. The predicted octanol–water partition coefficient (Wildman–Crippen LogP) is 2.73. The summed E-state index contributed by atoms with van der Waals surface area (Å²) >= 11 is 5.91. The van der Waals surface area contributed by atoms with Gasteiger partial charge in [-0.25, -0.2) is 4.39 Å². The van der Waals surface area contributed by atoms with Crippen molar-refractivity contribution in [3.8, 4) is 0 Å². The maximum absolute atomic E-state index is 12.9. The lowest BCUT2D eigenvalue weighted by Crippen LogP contribution is -2.36. The molecule has 1 aromatic rings. The van der Waals surface area contributed by atoms with Crippen LogP contribution in [-0.4, -0.2) is 17.3 Å². The Kier molecular flexibility index (Phi) is 4.71. The topological polar surface area (TPSA) is 32.3 Å². The zero-order valence-electron chi connectivity index (χ0n) is 9.56. The van der Waals surface area contributed by atoms with Crippen molar-refractivity contribution in [1.82, 2.24) is 5.32 Å². The molecule has 0 aromatic heterocycles. The van der Waals surface area contributed by atoms with Crippen LogP contribution >= 0.6 is 11.6 Å². The van der Waals surface area contributed by atoms with Gasteiger partial charge in [-0.15, -0.1) is 0 Å². The summed E-state index contributed by atoms with van der Waals surface area (Å²) in [6.07, 6.45) is 0.664. The lowest BCUT2D eigenvalue weighted by molar-refractivity contribution is 0.0555. The number of rotatable bonds is 5. The van der Waals surface area contributed by atoms with E-state index in [2.05, 4.69) is 5.32 Å². The molecular formula is C12H17ClFNO. The van der Waals surface area contributed by atoms with Gasteiger partial charge in [0, 0.05) is 18.1 Å². The summed E-state index contributed by atoms with van der Waals surface area (Å²) in [6.45, 7) is 4.58. The second kappa shape index (κ2) is 5.62. The summed E-state index contributed by atoms with van der Waals surface area (Å²) in [7, 11) is 0. The number of hydrogen-bond acceptors (Lipinski definition) is 2. The smallest absolute Gasteiger partial charge is 0.123 e. The van der Waals surface area contributed by atoms with Gasteiger partial charge in [-0.3, -0.25) is 0 Å². The Labute approximate surface area is 100 Å². The van der Waals surface area contributed by atoms with E-state index in [9.17, 15) is 9.50 Å². The Bertz CT molecular complexity index is 355. The molecule has 0 heterocycles. The standard InChI is InChI=1S/C12H17ClFNO/c1-3-12(2,16)8-15-7-9-6-10(14)4-5-11(9)13/h4-6,15-16H,3,7-8H2,1-2H3. The number of halogens is 2. The van der Waals surface area contributed by atoms with E-state index >= 15 is 0 Å². The molecular weight excluding hydrogens is 229 g/mol. The molecule has 1 rings (SSSR count). The van der Waals surface area contributed by atoms with Crippen molar-refractivity contribution in [2.24, 2.45) is 0 Å². The molecule has 4 heteroatoms. The summed E-state index contributed by atoms with van der Waals surface area (Å²) in [6, 6.07) is 4.26. The van der Waals surface area contributed by atoms with E-state index in [1.807, 2.05) is 6.92 Å². The fourth-order valence-corrected chi connectivity index (χ4v) is 1.45. The van der Waals surface area contributed by atoms with Crippen LogP contribution in [-0.2, 0) is 6.54 Å². The summed E-state index contributed by atoms with van der Waals surface area (Å²) in [5, 5.41) is 13.3. The molecule has 0 spiro atoms. The molecule has 0 aliphatic rings. The normalized spacial score (nSPS) is 14.8. The molecule has 0 amide bonds. The molecule has 0 fully saturated rings. The highest BCUT2D eigenvalue weighted by Gasteiger charge is 2.16. The number of benzene rings is 1. The Morgan fingerprint density at radius 2 is 2.19 bits per heavy atom. The van der Waals surface area contributed by atoms with E-state index < -0.39 is 5.60 Å². The molecule has 1 unspecified atom stereocenters. The SMILES string of the molecule is CCC(C)(O)CNCc1cc(F)ccc1Cl. The van der Waals surface area contributed by atoms with Crippen LogP contribution in [0.25, 0.3) is 0 Å². The van der Waals surface area contributed by atoms with Crippen LogP contribution in [0.15, 0.2) is 18.2 Å². The average molecular weight is 246 g/mol. The van der Waals surface area contributed by atoms with Crippen molar-refractivity contribution >= 4 is 11.6 Å². The monoisotopic (exact) mass is 245 g/mol. The average Bonchev–Trinajstić information content (AvgIpc) is 2.23. The molecule has 0 aliphatic carbocycles. The van der Waals surface area contributed by atoms with Crippen molar-refractivity contribution in [3.05, 3.63) is 34.6 Å². The largest absolute Gasteiger partial charge is 0.389 e. The fraction of sp³-hybridized carbons (Fsp3) is 0.500. The third-order valence-electron chi connectivity index (χ3n) is 2.59. The quantitative estimate of drug-likeness (QED) is 0.836. The van der Waals surface area contributed by atoms with Gasteiger partial charge in [0.1, 0.15) is 5.82 Å². The summed E-state index contributed by atoms with van der Waals surface area (Å²) in [4.78, 5) is 0. The maximum atomic E-state index is 12.9. The van der Waals surface area contributed by atoms with Crippen LogP contribution in [0.1, 0.15) is 25.8 Å². The lowest BCUT2D eigenvalue weighted by Gasteiger charge is -2.21. The van der Waals surface area contributed by atoms with Gasteiger partial charge in [0.05, 0.1) is 5.60 Å². The summed E-state index contributed by atoms with van der Waals surface area (Å²) in [5.74, 6) is -0.302. The van der Waals surface area contributed by atoms with Gasteiger partial charge in [0.25, 0.3) is 0 Å². The summed E-state index contributed by atoms with van der Waals surface area (Å²) in [5.41, 5.74) is -0.0339. The molecule has 16 heavy (non-hydrogen) atoms. The van der Waals surface area contributed by atoms with Crippen LogP contribution in [0.2, 0.25) is 5.02 Å². The van der Waals surface area contributed by atoms with Crippen LogP contribution in [0, 0.1) is 5.82 Å². The van der Waals surface area contributed by atoms with Gasteiger partial charge in [-0.05, 0) is 37.1 Å². The number of nitrogens with one attached hydrogen (secondary N) is 1. The van der Waals surface area contributed by atoms with E-state index in [0.717, 1.165) is 0 Å². The van der Waals surface area contributed by atoms with Crippen LogP contribution in [0.4, 0.5) is 4.39 Å². The second-order valence-electron chi connectivity index (χ2n) is 4.19. The number of hydrogen-bond donors (Lipinski definition) is 2. The molecule has 2 nitrogen and oxygen atoms in total. The molecule has 1 atom stereocenters. The first-order valence-corrected chi connectivity index (χ1v) is 5.69. The van der Waals surface area contributed by atoms with Crippen LogP contribution in [0.3, 0.4) is 0 Å². The van der Waals surface area contributed by atoms with Crippen molar-refractivity contribution in [2.45, 2.75) is 32.4 Å². The Balaban J connectivity index is 2.52. The molecule has 90 valence electrons. The van der Waals surface area contributed by atoms with Gasteiger partial charge in [0.15, 0.2) is 0 Å². The van der Waals surface area contributed by atoms with Crippen LogP contribution < -0.4 is 5.32 Å². The maximum Gasteiger partial charge on any atom is 0.123 e. The van der Waals surface area contributed by atoms with Gasteiger partial charge in [-0.2, -0.15) is 0 Å². The van der Waals surface area contributed by atoms with Gasteiger partial charge < -0.3 is 10.4 Å². The van der Waals surface area contributed by atoms with Crippen molar-refractivity contribution in [1.29, 1.82) is 0 Å². The van der Waals surface area contributed by atoms with Gasteiger partial charge >= 0.3 is 0 Å². The highest BCUT2D eigenvalue weighted by molar-refractivity contribution is 6.31. The molecule has 0 saturated carbocycles. The molecule has 0 saturated heterocycles. The molecule has 0 aliphatic heterocycles. The van der Waals surface area contributed by atoms with E-state index in [1.54, 1.807) is 6.92 Å². The lowest BCUT2D eigenvalue weighted by atomic mass is 10.0. The first kappa shape index (κ1) is 13.4. The van der Waals surface area contributed by atoms with Crippen molar-refractivity contribution in [2.75, 3.05) is 6.54 Å². The Hall–Kier alpha value is -0.640. The minimum absolute atomic E-state index is 0.302. The minimum atomic E-state index is -0.736. The highest BCUT2D eigenvalue weighted by Crippen LogP contribution is 2.17. The zero-order valence-corrected chi connectivity index (χ0v) is 10.3. The molecule has 0 radical (unpaired) electrons. The van der Waals surface area contributed by atoms with E-state index in [1.165, 1.54) is 18.2 Å². The third-order valence-corrected chi connectivity index (χ3v) is 2.96. The Morgan fingerprint density at radius 3 is 2.81 bits per heavy atom. The Morgan fingerprint density at radius 1 is 1.50 bits per heavy atom. The fourth-order valence-electron chi connectivity index (χ4n) is 1.27. The second-order valence-corrected chi connectivity index (χ2v) is 4.60. The van der Waals surface area contributed by atoms with Crippen LogP contribution in [0.5, 0.6) is 0 Å². The third kappa shape index (κ3) is 4.08. The zero-order chi connectivity index (χ0) is 12.2. The molecule has 2 N–H and O–H groups in total. The molecule has 0 bridgehead atoms. The summed E-state index contributed by atoms with van der Waals surface area (Å²) < 4.78 is 12.9. The number of aliphatic hydroxyl groups is 1. The van der Waals surface area contributed by atoms with E-state index in [4.69, 9.17) is 11.6 Å². The first-order valence-electron chi connectivity index (χ1n) is 5.31. The van der Waals surface area contributed by atoms with Crippen molar-refractivity contribution in [3.63, 3.8) is 0 Å². The van der Waals surface area contributed by atoms with Gasteiger partial charge in [0.2, 0.25) is 0 Å².